The van der Waals surface area contributed by atoms with Gasteiger partial charge in [-0.2, -0.15) is 0 Å². The van der Waals surface area contributed by atoms with Gasteiger partial charge in [-0.1, -0.05) is 5.21 Å². The molecule has 2 aliphatic heterocycles. The molecule has 24 heavy (non-hydrogen) atoms. The minimum atomic E-state index is 0. The Hall–Kier alpha value is -1.92. The molecular formula is C17H22ClN5O. The van der Waals surface area contributed by atoms with Crippen LogP contribution in [0.1, 0.15) is 32.1 Å². The zero-order valence-electron chi connectivity index (χ0n) is 13.4. The van der Waals surface area contributed by atoms with Crippen LogP contribution in [0.5, 0.6) is 0 Å². The normalized spacial score (nSPS) is 25.1. The zero-order chi connectivity index (χ0) is 15.6. The summed E-state index contributed by atoms with van der Waals surface area (Å²) in [4.78, 5) is 12.3. The average molecular weight is 348 g/mol. The SMILES string of the molecule is Cl.O=C(CC1CC2CCC(C1)N2)Nc1ccc(-n2ccnn2)cc1. The summed E-state index contributed by atoms with van der Waals surface area (Å²) in [6, 6.07) is 8.92. The molecule has 2 bridgehead atoms. The summed E-state index contributed by atoms with van der Waals surface area (Å²) in [5, 5.41) is 14.4. The molecule has 1 aromatic carbocycles. The molecule has 2 aliphatic rings. The van der Waals surface area contributed by atoms with Gasteiger partial charge in [0.2, 0.25) is 5.91 Å². The quantitative estimate of drug-likeness (QED) is 0.891. The fraction of sp³-hybridized carbons (Fsp3) is 0.471. The minimum Gasteiger partial charge on any atom is -0.326 e. The molecule has 2 aromatic rings. The molecular weight excluding hydrogens is 326 g/mol. The van der Waals surface area contributed by atoms with E-state index in [0.29, 0.717) is 24.4 Å². The molecule has 7 heteroatoms. The van der Waals surface area contributed by atoms with Crippen molar-refractivity contribution in [1.29, 1.82) is 0 Å². The van der Waals surface area contributed by atoms with Crippen molar-refractivity contribution in [3.63, 3.8) is 0 Å². The number of piperidine rings is 1. The van der Waals surface area contributed by atoms with Gasteiger partial charge in [-0.15, -0.1) is 17.5 Å². The number of benzene rings is 1. The van der Waals surface area contributed by atoms with E-state index in [9.17, 15) is 4.79 Å². The highest BCUT2D eigenvalue weighted by Gasteiger charge is 2.34. The van der Waals surface area contributed by atoms with E-state index in [0.717, 1.165) is 24.2 Å². The fourth-order valence-electron chi connectivity index (χ4n) is 3.86. The minimum absolute atomic E-state index is 0. The summed E-state index contributed by atoms with van der Waals surface area (Å²) in [5.41, 5.74) is 1.76. The van der Waals surface area contributed by atoms with Gasteiger partial charge in [0.15, 0.2) is 0 Å². The lowest BCUT2D eigenvalue weighted by Crippen LogP contribution is -2.39. The van der Waals surface area contributed by atoms with Gasteiger partial charge < -0.3 is 10.6 Å². The van der Waals surface area contributed by atoms with Crippen molar-refractivity contribution < 1.29 is 4.79 Å². The Labute approximate surface area is 147 Å². The van der Waals surface area contributed by atoms with E-state index in [-0.39, 0.29) is 18.3 Å². The molecule has 0 radical (unpaired) electrons. The predicted molar refractivity (Wildman–Crippen MR) is 94.5 cm³/mol. The lowest BCUT2D eigenvalue weighted by molar-refractivity contribution is -0.117. The second kappa shape index (κ2) is 7.32. The number of aromatic nitrogens is 3. The van der Waals surface area contributed by atoms with Crippen molar-refractivity contribution in [1.82, 2.24) is 20.3 Å². The van der Waals surface area contributed by atoms with Crippen molar-refractivity contribution in [3.8, 4) is 5.69 Å². The van der Waals surface area contributed by atoms with Gasteiger partial charge in [-0.25, -0.2) is 4.68 Å². The molecule has 0 aliphatic carbocycles. The summed E-state index contributed by atoms with van der Waals surface area (Å²) >= 11 is 0. The number of halogens is 1. The molecule has 0 saturated carbocycles. The van der Waals surface area contributed by atoms with Crippen molar-refractivity contribution in [3.05, 3.63) is 36.7 Å². The van der Waals surface area contributed by atoms with Crippen molar-refractivity contribution >= 4 is 24.0 Å². The summed E-state index contributed by atoms with van der Waals surface area (Å²) in [7, 11) is 0. The van der Waals surface area contributed by atoms with Crippen LogP contribution >= 0.6 is 12.4 Å². The van der Waals surface area contributed by atoms with Gasteiger partial charge >= 0.3 is 0 Å². The van der Waals surface area contributed by atoms with Crippen LogP contribution in [0, 0.1) is 5.92 Å². The van der Waals surface area contributed by atoms with Gasteiger partial charge in [-0.3, -0.25) is 4.79 Å². The standard InChI is InChI=1S/C17H21N5O.ClH/c23-17(11-12-9-14-1-2-15(10-12)19-14)20-13-3-5-16(6-4-13)22-8-7-18-21-22;/h3-8,12,14-15,19H,1-2,9-11H2,(H,20,23);1H. The van der Waals surface area contributed by atoms with Crippen LogP contribution in [0.4, 0.5) is 5.69 Å². The molecule has 2 atom stereocenters. The van der Waals surface area contributed by atoms with Crippen LogP contribution in [0.3, 0.4) is 0 Å². The summed E-state index contributed by atoms with van der Waals surface area (Å²) < 4.78 is 1.69. The zero-order valence-corrected chi connectivity index (χ0v) is 14.2. The van der Waals surface area contributed by atoms with E-state index in [1.54, 1.807) is 17.1 Å². The van der Waals surface area contributed by atoms with Gasteiger partial charge in [0.25, 0.3) is 0 Å². The molecule has 1 aromatic heterocycles. The van der Waals surface area contributed by atoms with E-state index in [1.807, 2.05) is 24.3 Å². The number of anilines is 1. The number of hydrogen-bond acceptors (Lipinski definition) is 4. The van der Waals surface area contributed by atoms with Crippen LogP contribution in [0.2, 0.25) is 0 Å². The molecule has 2 unspecified atom stereocenters. The molecule has 3 heterocycles. The number of nitrogens with one attached hydrogen (secondary N) is 2. The first-order valence-corrected chi connectivity index (χ1v) is 8.29. The predicted octanol–water partition coefficient (Wildman–Crippen LogP) is 2.55. The Bertz CT molecular complexity index is 661. The van der Waals surface area contributed by atoms with Crippen molar-refractivity contribution in [2.75, 3.05) is 5.32 Å². The van der Waals surface area contributed by atoms with E-state index < -0.39 is 0 Å². The van der Waals surface area contributed by atoms with E-state index >= 15 is 0 Å². The van der Waals surface area contributed by atoms with Crippen LogP contribution in [0.15, 0.2) is 36.7 Å². The first-order valence-electron chi connectivity index (χ1n) is 8.29. The Kier molecular flexibility index (Phi) is 5.16. The number of carbonyl (C=O) groups excluding carboxylic acids is 1. The number of carbonyl (C=O) groups is 1. The van der Waals surface area contributed by atoms with Gasteiger partial charge in [0.1, 0.15) is 0 Å². The maximum atomic E-state index is 12.3. The van der Waals surface area contributed by atoms with Gasteiger partial charge in [-0.05, 0) is 55.9 Å². The first kappa shape index (κ1) is 16.9. The molecule has 2 N–H and O–H groups in total. The molecule has 6 nitrogen and oxygen atoms in total. The third kappa shape index (κ3) is 3.76. The number of fused-ring (bicyclic) bond motifs is 2. The van der Waals surface area contributed by atoms with Gasteiger partial charge in [0, 0.05) is 24.2 Å². The van der Waals surface area contributed by atoms with E-state index in [4.69, 9.17) is 0 Å². The summed E-state index contributed by atoms with van der Waals surface area (Å²) in [6.45, 7) is 0. The summed E-state index contributed by atoms with van der Waals surface area (Å²) in [6.07, 6.45) is 8.86. The lowest BCUT2D eigenvalue weighted by atomic mass is 9.89. The Morgan fingerprint density at radius 3 is 2.54 bits per heavy atom. The first-order chi connectivity index (χ1) is 11.3. The van der Waals surface area contributed by atoms with Gasteiger partial charge in [0.05, 0.1) is 18.1 Å². The molecule has 1 amide bonds. The van der Waals surface area contributed by atoms with E-state index in [2.05, 4.69) is 20.9 Å². The third-order valence-electron chi connectivity index (χ3n) is 4.88. The molecule has 0 spiro atoms. The summed E-state index contributed by atoms with van der Waals surface area (Å²) in [5.74, 6) is 0.632. The Balaban J connectivity index is 0.00000169. The average Bonchev–Trinajstić information content (AvgIpc) is 3.18. The highest BCUT2D eigenvalue weighted by Crippen LogP contribution is 2.32. The van der Waals surface area contributed by atoms with Crippen LogP contribution in [-0.2, 0) is 4.79 Å². The maximum Gasteiger partial charge on any atom is 0.224 e. The maximum absolute atomic E-state index is 12.3. The van der Waals surface area contributed by atoms with Crippen LogP contribution < -0.4 is 10.6 Å². The highest BCUT2D eigenvalue weighted by atomic mass is 35.5. The smallest absolute Gasteiger partial charge is 0.224 e. The van der Waals surface area contributed by atoms with Crippen molar-refractivity contribution in [2.24, 2.45) is 5.92 Å². The Morgan fingerprint density at radius 2 is 1.92 bits per heavy atom. The lowest BCUT2D eigenvalue weighted by Gasteiger charge is -2.28. The number of rotatable bonds is 4. The van der Waals surface area contributed by atoms with Crippen LogP contribution in [0.25, 0.3) is 5.69 Å². The number of hydrogen-bond donors (Lipinski definition) is 2. The highest BCUT2D eigenvalue weighted by molar-refractivity contribution is 5.90. The fourth-order valence-corrected chi connectivity index (χ4v) is 3.86. The number of nitrogens with zero attached hydrogens (tertiary/aromatic N) is 3. The van der Waals surface area contributed by atoms with E-state index in [1.165, 1.54) is 12.8 Å². The number of amides is 1. The molecule has 4 rings (SSSR count). The largest absolute Gasteiger partial charge is 0.326 e. The molecule has 128 valence electrons. The second-order valence-corrected chi connectivity index (χ2v) is 6.62. The third-order valence-corrected chi connectivity index (χ3v) is 4.88. The van der Waals surface area contributed by atoms with Crippen LogP contribution in [-0.4, -0.2) is 33.0 Å². The topological polar surface area (TPSA) is 71.8 Å². The monoisotopic (exact) mass is 347 g/mol. The molecule has 2 saturated heterocycles. The Morgan fingerprint density at radius 1 is 1.21 bits per heavy atom. The second-order valence-electron chi connectivity index (χ2n) is 6.62. The molecule has 2 fully saturated rings. The van der Waals surface area contributed by atoms with Crippen molar-refractivity contribution in [2.45, 2.75) is 44.2 Å².